The number of nitrogens with zero attached hydrogens (tertiary/aromatic N) is 1. The molecule has 3 aliphatic carbocycles. The lowest BCUT2D eigenvalue weighted by Gasteiger charge is -2.61. The van der Waals surface area contributed by atoms with Crippen molar-refractivity contribution in [3.05, 3.63) is 42.1 Å². The zero-order chi connectivity index (χ0) is 27.0. The summed E-state index contributed by atoms with van der Waals surface area (Å²) in [6.07, 6.45) is 5.08. The Hall–Kier alpha value is -3.49. The Morgan fingerprint density at radius 2 is 2.00 bits per heavy atom. The number of carbonyl (C=O) groups is 4. The van der Waals surface area contributed by atoms with Crippen LogP contribution in [-0.4, -0.2) is 54.6 Å². The number of Topliss-reactive ketones (excluding diaryl/α,β-unsaturated/α-hetero) is 1. The first kappa shape index (κ1) is 24.8. The number of ketones is 1. The van der Waals surface area contributed by atoms with Crippen LogP contribution in [0, 0.1) is 34.0 Å². The van der Waals surface area contributed by atoms with E-state index in [0.29, 0.717) is 37.1 Å². The first-order chi connectivity index (χ1) is 18.1. The molecule has 0 N–H and O–H groups in total. The fourth-order valence-electron chi connectivity index (χ4n) is 8.25. The van der Waals surface area contributed by atoms with Gasteiger partial charge < -0.3 is 18.9 Å². The van der Waals surface area contributed by atoms with Crippen LogP contribution in [0.15, 0.2) is 36.6 Å². The van der Waals surface area contributed by atoms with Crippen molar-refractivity contribution in [1.29, 1.82) is 0 Å². The SMILES string of the molecule is C=C1C(=O)[C@@]23C(=O)O[C@H]4CCC(C)(C)[C@H]5C(=O)OC[C@]45[C@H]2CC[C@@H]1[C@H]3OC(=O)/C=C/c1ccnc(OC)c1. The number of hydrogen-bond acceptors (Lipinski definition) is 9. The van der Waals surface area contributed by atoms with E-state index in [4.69, 9.17) is 18.9 Å². The van der Waals surface area contributed by atoms with Crippen LogP contribution in [0.5, 0.6) is 5.88 Å². The van der Waals surface area contributed by atoms with Gasteiger partial charge in [0.25, 0.3) is 0 Å². The van der Waals surface area contributed by atoms with Gasteiger partial charge in [-0.2, -0.15) is 0 Å². The topological polar surface area (TPSA) is 118 Å². The minimum atomic E-state index is -1.74. The summed E-state index contributed by atoms with van der Waals surface area (Å²) in [4.78, 5) is 58.1. The number of rotatable bonds is 4. The first-order valence-corrected chi connectivity index (χ1v) is 13.1. The lowest BCUT2D eigenvalue weighted by atomic mass is 9.43. The molecule has 7 atom stereocenters. The second kappa shape index (κ2) is 8.25. The standard InChI is InChI=1S/C29H31NO8/c1-15-17-6-7-18-28-14-36-25(33)22(28)27(2,3)11-9-19(28)37-26(34)29(18,23(15)32)24(17)38-21(31)8-5-16-10-12-30-20(13-16)35-4/h5,8,10,12-13,17-19,22,24H,1,6-7,9,11,14H2,2-4H3/b8-5+/t17-,18+,19-,22+,24+,28-,29-/m0/s1. The molecule has 0 unspecified atom stereocenters. The van der Waals surface area contributed by atoms with E-state index in [2.05, 4.69) is 11.6 Å². The van der Waals surface area contributed by atoms with Gasteiger partial charge in [-0.3, -0.25) is 14.4 Å². The number of methoxy groups -OCH3 is 1. The van der Waals surface area contributed by atoms with Crippen molar-refractivity contribution in [2.24, 2.45) is 34.0 Å². The molecule has 5 aliphatic rings. The number of pyridine rings is 1. The number of cyclic esters (lactones) is 1. The van der Waals surface area contributed by atoms with Gasteiger partial charge in [0.15, 0.2) is 11.2 Å². The molecule has 1 aromatic rings. The summed E-state index contributed by atoms with van der Waals surface area (Å²) in [6, 6.07) is 3.37. The fraction of sp³-hybridized carbons (Fsp3) is 0.552. The molecule has 9 nitrogen and oxygen atoms in total. The van der Waals surface area contributed by atoms with E-state index in [-0.39, 0.29) is 18.1 Å². The van der Waals surface area contributed by atoms with E-state index in [9.17, 15) is 19.2 Å². The zero-order valence-electron chi connectivity index (χ0n) is 21.7. The Morgan fingerprint density at radius 3 is 2.76 bits per heavy atom. The van der Waals surface area contributed by atoms with Gasteiger partial charge in [-0.25, -0.2) is 9.78 Å². The van der Waals surface area contributed by atoms with Crippen molar-refractivity contribution in [2.75, 3.05) is 13.7 Å². The highest BCUT2D eigenvalue weighted by Crippen LogP contribution is 2.71. The first-order valence-electron chi connectivity index (χ1n) is 13.1. The summed E-state index contributed by atoms with van der Waals surface area (Å²) in [5.74, 6) is -3.31. The summed E-state index contributed by atoms with van der Waals surface area (Å²) < 4.78 is 22.8. The van der Waals surface area contributed by atoms with Crippen LogP contribution in [0.4, 0.5) is 0 Å². The number of hydrogen-bond donors (Lipinski definition) is 0. The van der Waals surface area contributed by atoms with Crippen LogP contribution >= 0.6 is 0 Å². The highest BCUT2D eigenvalue weighted by atomic mass is 16.6. The lowest BCUT2D eigenvalue weighted by molar-refractivity contribution is -0.246. The number of aromatic nitrogens is 1. The normalized spacial score (nSPS) is 38.7. The fourth-order valence-corrected chi connectivity index (χ4v) is 8.25. The predicted molar refractivity (Wildman–Crippen MR) is 132 cm³/mol. The predicted octanol–water partition coefficient (Wildman–Crippen LogP) is 3.07. The van der Waals surface area contributed by atoms with Gasteiger partial charge in [-0.1, -0.05) is 20.4 Å². The van der Waals surface area contributed by atoms with Crippen LogP contribution in [0.25, 0.3) is 6.08 Å². The monoisotopic (exact) mass is 521 g/mol. The summed E-state index contributed by atoms with van der Waals surface area (Å²) in [5.41, 5.74) is -2.04. The highest BCUT2D eigenvalue weighted by molar-refractivity contribution is 6.16. The average Bonchev–Trinajstić information content (AvgIpc) is 3.31. The van der Waals surface area contributed by atoms with Crippen molar-refractivity contribution in [1.82, 2.24) is 4.98 Å². The molecule has 2 spiro atoms. The third-order valence-corrected chi connectivity index (χ3v) is 9.77. The Bertz CT molecular complexity index is 1300. The summed E-state index contributed by atoms with van der Waals surface area (Å²) >= 11 is 0. The van der Waals surface area contributed by atoms with Gasteiger partial charge in [0, 0.05) is 24.3 Å². The van der Waals surface area contributed by atoms with Gasteiger partial charge in [0.2, 0.25) is 5.88 Å². The molecule has 0 radical (unpaired) electrons. The summed E-state index contributed by atoms with van der Waals surface area (Å²) in [7, 11) is 1.50. The molecular formula is C29H31NO8. The Kier molecular flexibility index (Phi) is 5.39. The lowest BCUT2D eigenvalue weighted by Crippen LogP contribution is -2.71. The van der Waals surface area contributed by atoms with E-state index >= 15 is 0 Å². The molecule has 200 valence electrons. The second-order valence-electron chi connectivity index (χ2n) is 11.9. The van der Waals surface area contributed by atoms with Crippen molar-refractivity contribution < 1.29 is 38.1 Å². The van der Waals surface area contributed by atoms with E-state index in [1.54, 1.807) is 24.4 Å². The molecule has 1 aromatic heterocycles. The van der Waals surface area contributed by atoms with Crippen LogP contribution in [0.1, 0.15) is 45.1 Å². The maximum absolute atomic E-state index is 13.9. The van der Waals surface area contributed by atoms with E-state index < -0.39 is 63.9 Å². The van der Waals surface area contributed by atoms with E-state index in [1.165, 1.54) is 13.2 Å². The molecule has 9 heteroatoms. The Morgan fingerprint density at radius 1 is 1.21 bits per heavy atom. The minimum Gasteiger partial charge on any atom is -0.481 e. The quantitative estimate of drug-likeness (QED) is 0.255. The molecule has 6 rings (SSSR count). The molecule has 2 saturated heterocycles. The van der Waals surface area contributed by atoms with Crippen molar-refractivity contribution in [2.45, 2.75) is 51.7 Å². The van der Waals surface area contributed by atoms with Gasteiger partial charge in [0.1, 0.15) is 18.8 Å². The molecular weight excluding hydrogens is 490 g/mol. The van der Waals surface area contributed by atoms with Crippen LogP contribution < -0.4 is 4.74 Å². The number of fused-ring (bicyclic) bond motifs is 1. The van der Waals surface area contributed by atoms with Gasteiger partial charge >= 0.3 is 17.9 Å². The molecule has 5 fully saturated rings. The van der Waals surface area contributed by atoms with Gasteiger partial charge in [-0.15, -0.1) is 0 Å². The Balaban J connectivity index is 1.39. The number of carbonyl (C=O) groups excluding carboxylic acids is 4. The van der Waals surface area contributed by atoms with Crippen LogP contribution in [0.3, 0.4) is 0 Å². The summed E-state index contributed by atoms with van der Waals surface area (Å²) in [5, 5.41) is 0. The third kappa shape index (κ3) is 3.07. The van der Waals surface area contributed by atoms with Crippen molar-refractivity contribution in [3.63, 3.8) is 0 Å². The van der Waals surface area contributed by atoms with Crippen molar-refractivity contribution >= 4 is 29.8 Å². The zero-order valence-corrected chi connectivity index (χ0v) is 21.7. The highest BCUT2D eigenvalue weighted by Gasteiger charge is 2.81. The maximum Gasteiger partial charge on any atom is 0.331 e. The molecule has 0 amide bonds. The molecule has 2 bridgehead atoms. The average molecular weight is 522 g/mol. The van der Waals surface area contributed by atoms with E-state index in [1.807, 2.05) is 13.8 Å². The molecule has 2 aliphatic heterocycles. The van der Waals surface area contributed by atoms with E-state index in [0.717, 1.165) is 0 Å². The molecule has 3 saturated carbocycles. The minimum absolute atomic E-state index is 0.0825. The second-order valence-corrected chi connectivity index (χ2v) is 11.9. The maximum atomic E-state index is 13.9. The van der Waals surface area contributed by atoms with Crippen molar-refractivity contribution in [3.8, 4) is 5.88 Å². The van der Waals surface area contributed by atoms with Crippen LogP contribution in [-0.2, 0) is 33.4 Å². The third-order valence-electron chi connectivity index (χ3n) is 9.77. The summed E-state index contributed by atoms with van der Waals surface area (Å²) in [6.45, 7) is 8.16. The molecule has 38 heavy (non-hydrogen) atoms. The largest absolute Gasteiger partial charge is 0.481 e. The number of esters is 3. The van der Waals surface area contributed by atoms with Gasteiger partial charge in [0.05, 0.1) is 18.4 Å². The molecule has 0 aromatic carbocycles. The Labute approximate surface area is 220 Å². The number of ether oxygens (including phenoxy) is 4. The smallest absolute Gasteiger partial charge is 0.331 e. The van der Waals surface area contributed by atoms with Gasteiger partial charge in [-0.05, 0) is 60.3 Å². The van der Waals surface area contributed by atoms with Crippen LogP contribution in [0.2, 0.25) is 0 Å². The molecule has 3 heterocycles.